The highest BCUT2D eigenvalue weighted by Gasteiger charge is 2.15. The standard InChI is InChI=1S/C18H18N4S/c1-11-12(2)23-18-16(11)17(19-10-20-18)22-21-15-8-7-13-5-3-4-6-14(13)9-15/h3-6,10H,7-9H2,1-2H3,(H,19,20,22)/b21-15+. The van der Waals surface area contributed by atoms with Crippen LogP contribution >= 0.6 is 11.3 Å². The van der Waals surface area contributed by atoms with Gasteiger partial charge in [-0.15, -0.1) is 11.3 Å². The molecule has 0 spiro atoms. The van der Waals surface area contributed by atoms with E-state index < -0.39 is 0 Å². The lowest BCUT2D eigenvalue weighted by Gasteiger charge is -2.17. The third-order valence-electron chi connectivity index (χ3n) is 4.48. The number of nitrogens with zero attached hydrogens (tertiary/aromatic N) is 3. The first kappa shape index (κ1) is 14.3. The summed E-state index contributed by atoms with van der Waals surface area (Å²) in [5.74, 6) is 0.809. The minimum atomic E-state index is 0.809. The maximum absolute atomic E-state index is 4.63. The van der Waals surface area contributed by atoms with Gasteiger partial charge in [0.1, 0.15) is 11.2 Å². The van der Waals surface area contributed by atoms with Crippen LogP contribution in [0.25, 0.3) is 10.2 Å². The number of thiophene rings is 1. The largest absolute Gasteiger partial charge is 0.261 e. The smallest absolute Gasteiger partial charge is 0.158 e. The van der Waals surface area contributed by atoms with Crippen LogP contribution in [0.5, 0.6) is 0 Å². The molecule has 0 unspecified atom stereocenters. The molecule has 0 radical (unpaired) electrons. The highest BCUT2D eigenvalue weighted by Crippen LogP contribution is 2.32. The Balaban J connectivity index is 1.63. The first-order valence-corrected chi connectivity index (χ1v) is 8.63. The Kier molecular flexibility index (Phi) is 3.58. The summed E-state index contributed by atoms with van der Waals surface area (Å²) in [5.41, 5.74) is 8.43. The van der Waals surface area contributed by atoms with Crippen molar-refractivity contribution in [2.24, 2.45) is 5.10 Å². The quantitative estimate of drug-likeness (QED) is 0.717. The first-order chi connectivity index (χ1) is 11.2. The summed E-state index contributed by atoms with van der Waals surface area (Å²) in [5, 5.41) is 5.73. The zero-order chi connectivity index (χ0) is 15.8. The molecule has 5 heteroatoms. The van der Waals surface area contributed by atoms with Gasteiger partial charge in [-0.1, -0.05) is 24.3 Å². The molecule has 0 saturated carbocycles. The molecule has 0 atom stereocenters. The molecule has 1 aliphatic carbocycles. The van der Waals surface area contributed by atoms with Gasteiger partial charge in [0.15, 0.2) is 5.82 Å². The summed E-state index contributed by atoms with van der Waals surface area (Å²) in [6, 6.07) is 8.61. The van der Waals surface area contributed by atoms with Gasteiger partial charge in [0.25, 0.3) is 0 Å². The van der Waals surface area contributed by atoms with E-state index in [9.17, 15) is 0 Å². The molecule has 3 aromatic rings. The fraction of sp³-hybridized carbons (Fsp3) is 0.278. The molecule has 116 valence electrons. The van der Waals surface area contributed by atoms with Crippen molar-refractivity contribution in [3.8, 4) is 0 Å². The number of nitrogens with one attached hydrogen (secondary N) is 1. The topological polar surface area (TPSA) is 50.2 Å². The van der Waals surface area contributed by atoms with Crippen LogP contribution in [0.4, 0.5) is 5.82 Å². The molecular formula is C18H18N4S. The molecule has 0 aliphatic heterocycles. The van der Waals surface area contributed by atoms with E-state index in [1.54, 1.807) is 17.7 Å². The van der Waals surface area contributed by atoms with Gasteiger partial charge in [-0.05, 0) is 43.4 Å². The second-order valence-electron chi connectivity index (χ2n) is 5.92. The van der Waals surface area contributed by atoms with Crippen molar-refractivity contribution in [1.82, 2.24) is 9.97 Å². The summed E-state index contributed by atoms with van der Waals surface area (Å²) >= 11 is 1.71. The average Bonchev–Trinajstić information content (AvgIpc) is 2.88. The van der Waals surface area contributed by atoms with Gasteiger partial charge in [-0.2, -0.15) is 5.10 Å². The van der Waals surface area contributed by atoms with Crippen molar-refractivity contribution in [3.63, 3.8) is 0 Å². The molecule has 2 heterocycles. The van der Waals surface area contributed by atoms with Gasteiger partial charge in [-0.25, -0.2) is 9.97 Å². The third-order valence-corrected chi connectivity index (χ3v) is 5.60. The lowest BCUT2D eigenvalue weighted by molar-refractivity contribution is 0.940. The Bertz CT molecular complexity index is 911. The van der Waals surface area contributed by atoms with Gasteiger partial charge in [-0.3, -0.25) is 5.43 Å². The summed E-state index contributed by atoms with van der Waals surface area (Å²) in [6.07, 6.45) is 4.59. The highest BCUT2D eigenvalue weighted by molar-refractivity contribution is 7.18. The molecule has 1 aliphatic rings. The molecule has 0 bridgehead atoms. The second-order valence-corrected chi connectivity index (χ2v) is 7.12. The number of aromatic nitrogens is 2. The second kappa shape index (κ2) is 5.74. The highest BCUT2D eigenvalue weighted by atomic mass is 32.1. The zero-order valence-corrected chi connectivity index (χ0v) is 14.1. The number of rotatable bonds is 2. The van der Waals surface area contributed by atoms with E-state index in [2.05, 4.69) is 58.6 Å². The van der Waals surface area contributed by atoms with Gasteiger partial charge >= 0.3 is 0 Å². The minimum Gasteiger partial charge on any atom is -0.261 e. The van der Waals surface area contributed by atoms with Crippen LogP contribution in [0, 0.1) is 13.8 Å². The van der Waals surface area contributed by atoms with E-state index in [4.69, 9.17) is 0 Å². The van der Waals surface area contributed by atoms with Crippen molar-refractivity contribution >= 4 is 33.1 Å². The number of hydrazone groups is 1. The summed E-state index contributed by atoms with van der Waals surface area (Å²) in [6.45, 7) is 4.24. The molecule has 0 amide bonds. The molecule has 1 aromatic carbocycles. The lowest BCUT2D eigenvalue weighted by Crippen LogP contribution is -2.15. The predicted octanol–water partition coefficient (Wildman–Crippen LogP) is 4.26. The van der Waals surface area contributed by atoms with Crippen LogP contribution in [0.2, 0.25) is 0 Å². The van der Waals surface area contributed by atoms with Crippen LogP contribution < -0.4 is 5.43 Å². The SMILES string of the molecule is Cc1sc2ncnc(N/N=C3\CCc4ccccc4C3)c2c1C. The number of aryl methyl sites for hydroxylation is 3. The number of hydrogen-bond donors (Lipinski definition) is 1. The van der Waals surface area contributed by atoms with E-state index in [0.29, 0.717) is 0 Å². The molecule has 0 fully saturated rings. The summed E-state index contributed by atoms with van der Waals surface area (Å²) < 4.78 is 0. The average molecular weight is 322 g/mol. The maximum Gasteiger partial charge on any atom is 0.158 e. The molecule has 23 heavy (non-hydrogen) atoms. The number of benzene rings is 1. The van der Waals surface area contributed by atoms with E-state index in [0.717, 1.165) is 35.3 Å². The number of anilines is 1. The van der Waals surface area contributed by atoms with Crippen molar-refractivity contribution in [1.29, 1.82) is 0 Å². The van der Waals surface area contributed by atoms with Gasteiger partial charge in [0.2, 0.25) is 0 Å². The van der Waals surface area contributed by atoms with Crippen molar-refractivity contribution in [3.05, 3.63) is 52.2 Å². The molecule has 2 aromatic heterocycles. The predicted molar refractivity (Wildman–Crippen MR) is 96.4 cm³/mol. The zero-order valence-electron chi connectivity index (χ0n) is 13.3. The van der Waals surface area contributed by atoms with Gasteiger partial charge < -0.3 is 0 Å². The monoisotopic (exact) mass is 322 g/mol. The van der Waals surface area contributed by atoms with Crippen LogP contribution in [-0.2, 0) is 12.8 Å². The Morgan fingerprint density at radius 3 is 2.78 bits per heavy atom. The van der Waals surface area contributed by atoms with Crippen molar-refractivity contribution in [2.75, 3.05) is 5.43 Å². The van der Waals surface area contributed by atoms with E-state index in [1.807, 2.05) is 0 Å². The number of hydrogen-bond acceptors (Lipinski definition) is 5. The van der Waals surface area contributed by atoms with Crippen molar-refractivity contribution in [2.45, 2.75) is 33.1 Å². The van der Waals surface area contributed by atoms with Crippen LogP contribution in [0.3, 0.4) is 0 Å². The fourth-order valence-corrected chi connectivity index (χ4v) is 4.05. The molecule has 4 nitrogen and oxygen atoms in total. The maximum atomic E-state index is 4.63. The Labute approximate surface area is 139 Å². The van der Waals surface area contributed by atoms with E-state index in [1.165, 1.54) is 27.3 Å². The third kappa shape index (κ3) is 2.61. The minimum absolute atomic E-state index is 0.809. The van der Waals surface area contributed by atoms with Crippen LogP contribution in [0.15, 0.2) is 35.7 Å². The molecule has 0 saturated heterocycles. The molecule has 1 N–H and O–H groups in total. The molecular weight excluding hydrogens is 304 g/mol. The number of fused-ring (bicyclic) bond motifs is 2. The summed E-state index contributed by atoms with van der Waals surface area (Å²) in [4.78, 5) is 11.1. The first-order valence-electron chi connectivity index (χ1n) is 7.81. The molecule has 4 rings (SSSR count). The Hall–Kier alpha value is -2.27. The van der Waals surface area contributed by atoms with Crippen molar-refractivity contribution < 1.29 is 0 Å². The van der Waals surface area contributed by atoms with E-state index in [-0.39, 0.29) is 0 Å². The van der Waals surface area contributed by atoms with Crippen LogP contribution in [-0.4, -0.2) is 15.7 Å². The van der Waals surface area contributed by atoms with Gasteiger partial charge in [0, 0.05) is 17.0 Å². The Morgan fingerprint density at radius 1 is 1.09 bits per heavy atom. The normalized spacial score (nSPS) is 15.8. The summed E-state index contributed by atoms with van der Waals surface area (Å²) in [7, 11) is 0. The van der Waals surface area contributed by atoms with Crippen LogP contribution in [0.1, 0.15) is 28.0 Å². The lowest BCUT2D eigenvalue weighted by atomic mass is 9.90. The van der Waals surface area contributed by atoms with E-state index >= 15 is 0 Å². The Morgan fingerprint density at radius 2 is 1.91 bits per heavy atom. The van der Waals surface area contributed by atoms with Gasteiger partial charge in [0.05, 0.1) is 5.39 Å². The fourth-order valence-electron chi connectivity index (χ4n) is 3.06.